The highest BCUT2D eigenvalue weighted by Crippen LogP contribution is 2.30. The van der Waals surface area contributed by atoms with E-state index in [0.717, 1.165) is 0 Å². The fraction of sp³-hybridized carbons (Fsp3) is 0.250. The SMILES string of the molecule is CCOc1ccc(C2=N/C(=C\c3csnn3)C(=O)O2)cc1OCC. The number of rotatable bonds is 6. The molecule has 124 valence electrons. The Morgan fingerprint density at radius 1 is 1.21 bits per heavy atom. The van der Waals surface area contributed by atoms with Gasteiger partial charge in [-0.15, -0.1) is 5.10 Å². The van der Waals surface area contributed by atoms with E-state index in [2.05, 4.69) is 14.6 Å². The van der Waals surface area contributed by atoms with Crippen molar-refractivity contribution in [1.82, 2.24) is 9.59 Å². The number of aliphatic imine (C=N–C) groups is 1. The Balaban J connectivity index is 1.91. The number of hydrogen-bond acceptors (Lipinski definition) is 8. The molecule has 2 heterocycles. The molecule has 8 heteroatoms. The van der Waals surface area contributed by atoms with E-state index in [4.69, 9.17) is 14.2 Å². The van der Waals surface area contributed by atoms with Crippen LogP contribution in [-0.4, -0.2) is 34.7 Å². The number of hydrogen-bond donors (Lipinski definition) is 0. The highest BCUT2D eigenvalue weighted by molar-refractivity contribution is 7.03. The first-order chi connectivity index (χ1) is 11.7. The van der Waals surface area contributed by atoms with Gasteiger partial charge in [-0.05, 0) is 49.7 Å². The summed E-state index contributed by atoms with van der Waals surface area (Å²) in [5.41, 5.74) is 1.39. The molecule has 1 aliphatic rings. The van der Waals surface area contributed by atoms with Gasteiger partial charge in [0.15, 0.2) is 17.2 Å². The van der Waals surface area contributed by atoms with Crippen LogP contribution in [0.3, 0.4) is 0 Å². The third-order valence-electron chi connectivity index (χ3n) is 3.07. The minimum atomic E-state index is -0.523. The van der Waals surface area contributed by atoms with Crippen LogP contribution in [0.1, 0.15) is 25.1 Å². The number of esters is 1. The first-order valence-corrected chi connectivity index (χ1v) is 8.24. The summed E-state index contributed by atoms with van der Waals surface area (Å²) in [6.07, 6.45) is 1.54. The number of carbonyl (C=O) groups is 1. The molecule has 1 aliphatic heterocycles. The number of ether oxygens (including phenoxy) is 3. The highest BCUT2D eigenvalue weighted by Gasteiger charge is 2.25. The largest absolute Gasteiger partial charge is 0.490 e. The minimum absolute atomic E-state index is 0.185. The Morgan fingerprint density at radius 3 is 2.71 bits per heavy atom. The smallest absolute Gasteiger partial charge is 0.363 e. The van der Waals surface area contributed by atoms with Crippen molar-refractivity contribution >= 4 is 29.5 Å². The predicted octanol–water partition coefficient (Wildman–Crippen LogP) is 2.68. The molecular formula is C16H15N3O4S. The summed E-state index contributed by atoms with van der Waals surface area (Å²) < 4.78 is 20.1. The zero-order chi connectivity index (χ0) is 16.9. The zero-order valence-corrected chi connectivity index (χ0v) is 14.0. The Bertz CT molecular complexity index is 800. The van der Waals surface area contributed by atoms with Crippen molar-refractivity contribution in [3.05, 3.63) is 40.5 Å². The van der Waals surface area contributed by atoms with Crippen LogP contribution >= 0.6 is 11.5 Å². The fourth-order valence-corrected chi connectivity index (χ4v) is 2.50. The zero-order valence-electron chi connectivity index (χ0n) is 13.2. The van der Waals surface area contributed by atoms with Gasteiger partial charge >= 0.3 is 5.97 Å². The maximum atomic E-state index is 12.0. The predicted molar refractivity (Wildman–Crippen MR) is 89.3 cm³/mol. The molecule has 0 bridgehead atoms. The van der Waals surface area contributed by atoms with Crippen LogP contribution in [0.2, 0.25) is 0 Å². The maximum absolute atomic E-state index is 12.0. The quantitative estimate of drug-likeness (QED) is 0.591. The first-order valence-electron chi connectivity index (χ1n) is 7.41. The Morgan fingerprint density at radius 2 is 2.00 bits per heavy atom. The minimum Gasteiger partial charge on any atom is -0.490 e. The molecule has 1 aromatic carbocycles. The Hall–Kier alpha value is -2.74. The van der Waals surface area contributed by atoms with Crippen molar-refractivity contribution in [2.24, 2.45) is 4.99 Å². The van der Waals surface area contributed by atoms with E-state index in [9.17, 15) is 4.79 Å². The highest BCUT2D eigenvalue weighted by atomic mass is 32.1. The second kappa shape index (κ2) is 7.22. The number of cyclic esters (lactones) is 1. The van der Waals surface area contributed by atoms with E-state index in [0.29, 0.717) is 36.0 Å². The molecule has 0 saturated heterocycles. The molecule has 2 aromatic rings. The molecule has 0 atom stereocenters. The Kier molecular flexibility index (Phi) is 4.85. The van der Waals surface area contributed by atoms with Gasteiger partial charge in [-0.1, -0.05) is 4.49 Å². The third kappa shape index (κ3) is 3.43. The second-order valence-corrected chi connectivity index (χ2v) is 5.30. The average molecular weight is 345 g/mol. The fourth-order valence-electron chi connectivity index (χ4n) is 2.09. The molecule has 3 rings (SSSR count). The third-order valence-corrected chi connectivity index (χ3v) is 3.60. The van der Waals surface area contributed by atoms with E-state index < -0.39 is 5.97 Å². The van der Waals surface area contributed by atoms with Gasteiger partial charge in [0.25, 0.3) is 0 Å². The molecule has 0 fully saturated rings. The molecule has 0 radical (unpaired) electrons. The molecule has 0 N–H and O–H groups in total. The summed E-state index contributed by atoms with van der Waals surface area (Å²) in [6.45, 7) is 4.82. The molecule has 0 saturated carbocycles. The van der Waals surface area contributed by atoms with Gasteiger partial charge in [-0.25, -0.2) is 9.79 Å². The monoisotopic (exact) mass is 345 g/mol. The Labute approximate surface area is 142 Å². The molecule has 0 amide bonds. The van der Waals surface area contributed by atoms with E-state index in [1.165, 1.54) is 17.6 Å². The van der Waals surface area contributed by atoms with Crippen LogP contribution in [-0.2, 0) is 9.53 Å². The number of aromatic nitrogens is 2. The van der Waals surface area contributed by atoms with Crippen molar-refractivity contribution in [1.29, 1.82) is 0 Å². The van der Waals surface area contributed by atoms with E-state index in [-0.39, 0.29) is 11.6 Å². The second-order valence-electron chi connectivity index (χ2n) is 4.69. The maximum Gasteiger partial charge on any atom is 0.363 e. The normalized spacial score (nSPS) is 15.3. The lowest BCUT2D eigenvalue weighted by molar-refractivity contribution is -0.129. The van der Waals surface area contributed by atoms with Crippen LogP contribution in [0.15, 0.2) is 34.3 Å². The van der Waals surface area contributed by atoms with Gasteiger partial charge in [0.05, 0.1) is 13.2 Å². The van der Waals surface area contributed by atoms with E-state index >= 15 is 0 Å². The molecule has 24 heavy (non-hydrogen) atoms. The molecule has 0 unspecified atom stereocenters. The van der Waals surface area contributed by atoms with Gasteiger partial charge in [-0.2, -0.15) is 0 Å². The van der Waals surface area contributed by atoms with Gasteiger partial charge in [0.2, 0.25) is 5.90 Å². The molecular weight excluding hydrogens is 330 g/mol. The van der Waals surface area contributed by atoms with Gasteiger partial charge < -0.3 is 14.2 Å². The van der Waals surface area contributed by atoms with Crippen molar-refractivity contribution < 1.29 is 19.0 Å². The first kappa shape index (κ1) is 16.1. The van der Waals surface area contributed by atoms with Crippen LogP contribution in [0.5, 0.6) is 11.5 Å². The molecule has 0 aliphatic carbocycles. The van der Waals surface area contributed by atoms with E-state index in [1.54, 1.807) is 23.6 Å². The summed E-state index contributed by atoms with van der Waals surface area (Å²) in [7, 11) is 0. The van der Waals surface area contributed by atoms with Crippen molar-refractivity contribution in [2.75, 3.05) is 13.2 Å². The van der Waals surface area contributed by atoms with Crippen LogP contribution in [0.4, 0.5) is 0 Å². The lowest BCUT2D eigenvalue weighted by atomic mass is 10.2. The van der Waals surface area contributed by atoms with Crippen molar-refractivity contribution in [3.63, 3.8) is 0 Å². The van der Waals surface area contributed by atoms with Crippen LogP contribution in [0.25, 0.3) is 6.08 Å². The van der Waals surface area contributed by atoms with Crippen molar-refractivity contribution in [2.45, 2.75) is 13.8 Å². The molecule has 1 aromatic heterocycles. The number of benzene rings is 1. The summed E-state index contributed by atoms with van der Waals surface area (Å²) in [5.74, 6) is 0.914. The summed E-state index contributed by atoms with van der Waals surface area (Å²) >= 11 is 1.20. The van der Waals surface area contributed by atoms with Gasteiger partial charge in [0.1, 0.15) is 5.69 Å². The summed E-state index contributed by atoms with van der Waals surface area (Å²) in [4.78, 5) is 16.2. The standard InChI is InChI=1S/C16H15N3O4S/c1-3-21-13-6-5-10(7-14(13)22-4-2)15-17-12(16(20)23-15)8-11-9-24-19-18-11/h5-9H,3-4H2,1-2H3/b12-8-. The van der Waals surface area contributed by atoms with Crippen LogP contribution in [0, 0.1) is 0 Å². The average Bonchev–Trinajstić information content (AvgIpc) is 3.20. The van der Waals surface area contributed by atoms with E-state index in [1.807, 2.05) is 13.8 Å². The van der Waals surface area contributed by atoms with Gasteiger partial charge in [-0.3, -0.25) is 0 Å². The molecule has 7 nitrogen and oxygen atoms in total. The summed E-state index contributed by atoms with van der Waals surface area (Å²) in [5, 5.41) is 5.58. The number of nitrogens with zero attached hydrogens (tertiary/aromatic N) is 3. The lowest BCUT2D eigenvalue weighted by Gasteiger charge is -2.11. The van der Waals surface area contributed by atoms with Crippen molar-refractivity contribution in [3.8, 4) is 11.5 Å². The van der Waals surface area contributed by atoms with Gasteiger partial charge in [0, 0.05) is 10.9 Å². The molecule has 0 spiro atoms. The number of carbonyl (C=O) groups excluding carboxylic acids is 1. The summed E-state index contributed by atoms with van der Waals surface area (Å²) in [6, 6.07) is 5.28. The lowest BCUT2D eigenvalue weighted by Crippen LogP contribution is -2.06. The topological polar surface area (TPSA) is 82.9 Å². The van der Waals surface area contributed by atoms with Crippen LogP contribution < -0.4 is 9.47 Å².